The van der Waals surface area contributed by atoms with Crippen LogP contribution in [0.15, 0.2) is 48.5 Å². The summed E-state index contributed by atoms with van der Waals surface area (Å²) < 4.78 is 65.4. The number of alkyl halides is 3. The Kier molecular flexibility index (Phi) is 11.8. The number of hydrogen-bond acceptors (Lipinski definition) is 4. The van der Waals surface area contributed by atoms with Gasteiger partial charge in [-0.05, 0) is 55.5 Å². The maximum atomic E-state index is 13.5. The number of halogens is 3. The minimum absolute atomic E-state index is 0.0559. The van der Waals surface area contributed by atoms with E-state index in [0.29, 0.717) is 13.0 Å². The first kappa shape index (κ1) is 32.1. The van der Waals surface area contributed by atoms with E-state index in [-0.39, 0.29) is 43.4 Å². The lowest BCUT2D eigenvalue weighted by atomic mass is 10.1. The van der Waals surface area contributed by atoms with E-state index in [1.54, 1.807) is 0 Å². The number of benzene rings is 2. The Bertz CT molecular complexity index is 1220. The number of rotatable bonds is 14. The van der Waals surface area contributed by atoms with Crippen LogP contribution < -0.4 is 9.62 Å². The molecule has 216 valence electrons. The molecule has 0 radical (unpaired) electrons. The van der Waals surface area contributed by atoms with E-state index in [4.69, 9.17) is 0 Å². The van der Waals surface area contributed by atoms with Gasteiger partial charge in [0.2, 0.25) is 21.8 Å². The summed E-state index contributed by atoms with van der Waals surface area (Å²) in [5.41, 5.74) is 0.754. The van der Waals surface area contributed by atoms with Crippen molar-refractivity contribution >= 4 is 27.5 Å². The van der Waals surface area contributed by atoms with E-state index in [1.165, 1.54) is 11.0 Å². The van der Waals surface area contributed by atoms with Crippen molar-refractivity contribution in [2.24, 2.45) is 0 Å². The van der Waals surface area contributed by atoms with Crippen LogP contribution in [0.2, 0.25) is 0 Å². The topological polar surface area (TPSA) is 86.8 Å². The number of unbranched alkanes of at least 4 members (excludes halogenated alkanes) is 1. The molecular weight excluding hydrogens is 531 g/mol. The lowest BCUT2D eigenvalue weighted by Gasteiger charge is -2.31. The Morgan fingerprint density at radius 1 is 1.03 bits per heavy atom. The normalized spacial score (nSPS) is 12.6. The number of nitrogens with one attached hydrogen (secondary N) is 1. The average Bonchev–Trinajstić information content (AvgIpc) is 2.86. The third-order valence-corrected chi connectivity index (χ3v) is 7.63. The molecule has 2 aromatic rings. The van der Waals surface area contributed by atoms with Crippen molar-refractivity contribution in [1.82, 2.24) is 10.2 Å². The van der Waals surface area contributed by atoms with Gasteiger partial charge in [0.25, 0.3) is 0 Å². The second-order valence-electron chi connectivity index (χ2n) is 9.50. The van der Waals surface area contributed by atoms with Crippen molar-refractivity contribution in [3.05, 3.63) is 65.2 Å². The smallest absolute Gasteiger partial charge is 0.354 e. The van der Waals surface area contributed by atoms with Gasteiger partial charge >= 0.3 is 6.18 Å². The van der Waals surface area contributed by atoms with Crippen LogP contribution in [0.3, 0.4) is 0 Å². The van der Waals surface area contributed by atoms with Crippen LogP contribution in [0.4, 0.5) is 18.9 Å². The first-order valence-corrected chi connectivity index (χ1v) is 14.9. The largest absolute Gasteiger partial charge is 0.416 e. The maximum absolute atomic E-state index is 13.5. The van der Waals surface area contributed by atoms with E-state index < -0.39 is 27.8 Å². The Hall–Kier alpha value is -3.08. The molecule has 1 N–H and O–H groups in total. The van der Waals surface area contributed by atoms with Crippen molar-refractivity contribution < 1.29 is 31.2 Å². The summed E-state index contributed by atoms with van der Waals surface area (Å²) in [6, 6.07) is 10.9. The minimum Gasteiger partial charge on any atom is -0.354 e. The van der Waals surface area contributed by atoms with Gasteiger partial charge in [0.1, 0.15) is 6.04 Å². The molecule has 0 fully saturated rings. The van der Waals surface area contributed by atoms with Gasteiger partial charge < -0.3 is 10.2 Å². The van der Waals surface area contributed by atoms with Crippen molar-refractivity contribution in [3.8, 4) is 0 Å². The Balaban J connectivity index is 2.25. The molecule has 0 aromatic heterocycles. The molecule has 2 aromatic carbocycles. The second kappa shape index (κ2) is 14.3. The third kappa shape index (κ3) is 9.56. The zero-order valence-corrected chi connectivity index (χ0v) is 23.7. The van der Waals surface area contributed by atoms with Gasteiger partial charge in [0, 0.05) is 26.1 Å². The average molecular weight is 570 g/mol. The number of aryl methyl sites for hydroxylation is 1. The number of carbonyl (C=O) groups excluding carboxylic acids is 2. The molecule has 2 rings (SSSR count). The summed E-state index contributed by atoms with van der Waals surface area (Å²) in [5.74, 6) is -0.595. The molecule has 0 bridgehead atoms. The van der Waals surface area contributed by atoms with Crippen LogP contribution in [0.25, 0.3) is 0 Å². The van der Waals surface area contributed by atoms with Crippen LogP contribution in [0.1, 0.15) is 62.6 Å². The standard InChI is InChI=1S/C28H38F3N3O4S/c1-5-7-17-32-27(36)25(6-2)33(20-22-13-9-8-12-21(22)3)26(35)16-11-18-34(39(4,37)38)24-15-10-14-23(19-24)28(29,30)31/h8-10,12-15,19,25H,5-7,11,16-18,20H2,1-4H3,(H,32,36)/t25-/m0/s1. The highest BCUT2D eigenvalue weighted by Gasteiger charge is 2.32. The number of nitrogens with zero attached hydrogens (tertiary/aromatic N) is 2. The van der Waals surface area contributed by atoms with E-state index >= 15 is 0 Å². The zero-order chi connectivity index (χ0) is 29.2. The molecule has 0 aliphatic rings. The Morgan fingerprint density at radius 3 is 2.31 bits per heavy atom. The van der Waals surface area contributed by atoms with Gasteiger partial charge in [-0.2, -0.15) is 13.2 Å². The van der Waals surface area contributed by atoms with Crippen molar-refractivity contribution in [3.63, 3.8) is 0 Å². The first-order valence-electron chi connectivity index (χ1n) is 13.1. The summed E-state index contributed by atoms with van der Waals surface area (Å²) in [5, 5.41) is 2.89. The van der Waals surface area contributed by atoms with Gasteiger partial charge in [-0.25, -0.2) is 8.42 Å². The summed E-state index contributed by atoms with van der Waals surface area (Å²) in [6.45, 7) is 6.26. The van der Waals surface area contributed by atoms with E-state index in [9.17, 15) is 31.2 Å². The highest BCUT2D eigenvalue weighted by Crippen LogP contribution is 2.32. The maximum Gasteiger partial charge on any atom is 0.416 e. The van der Waals surface area contributed by atoms with Gasteiger partial charge in [-0.3, -0.25) is 13.9 Å². The van der Waals surface area contributed by atoms with Crippen LogP contribution in [0.5, 0.6) is 0 Å². The molecule has 0 saturated carbocycles. The minimum atomic E-state index is -4.63. The summed E-state index contributed by atoms with van der Waals surface area (Å²) >= 11 is 0. The summed E-state index contributed by atoms with van der Waals surface area (Å²) in [4.78, 5) is 28.0. The Morgan fingerprint density at radius 2 is 1.72 bits per heavy atom. The van der Waals surface area contributed by atoms with Crippen molar-refractivity contribution in [2.75, 3.05) is 23.7 Å². The lowest BCUT2D eigenvalue weighted by molar-refractivity contribution is -0.141. The highest BCUT2D eigenvalue weighted by molar-refractivity contribution is 7.92. The predicted molar refractivity (Wildman–Crippen MR) is 147 cm³/mol. The fraction of sp³-hybridized carbons (Fsp3) is 0.500. The molecule has 0 heterocycles. The van der Waals surface area contributed by atoms with E-state index in [2.05, 4.69) is 5.32 Å². The third-order valence-electron chi connectivity index (χ3n) is 6.43. The van der Waals surface area contributed by atoms with Gasteiger partial charge in [0.05, 0.1) is 17.5 Å². The molecule has 39 heavy (non-hydrogen) atoms. The molecule has 11 heteroatoms. The SMILES string of the molecule is CCCCNC(=O)[C@H](CC)N(Cc1ccccc1C)C(=O)CCCN(c1cccc(C(F)(F)F)c1)S(C)(=O)=O. The molecule has 2 amide bonds. The predicted octanol–water partition coefficient (Wildman–Crippen LogP) is 5.28. The van der Waals surface area contributed by atoms with E-state index in [1.807, 2.05) is 45.0 Å². The van der Waals surface area contributed by atoms with Gasteiger partial charge in [-0.1, -0.05) is 50.6 Å². The summed E-state index contributed by atoms with van der Waals surface area (Å²) in [7, 11) is -3.92. The molecular formula is C28H38F3N3O4S. The number of anilines is 1. The van der Waals surface area contributed by atoms with Crippen LogP contribution in [-0.4, -0.2) is 50.5 Å². The molecule has 0 unspecified atom stereocenters. The molecule has 1 atom stereocenters. The van der Waals surface area contributed by atoms with Crippen LogP contribution in [0, 0.1) is 6.92 Å². The molecule has 0 spiro atoms. The number of sulfonamides is 1. The van der Waals surface area contributed by atoms with Gasteiger partial charge in [0.15, 0.2) is 0 Å². The molecule has 7 nitrogen and oxygen atoms in total. The Labute approximate surface area is 229 Å². The molecule has 0 aliphatic heterocycles. The van der Waals surface area contributed by atoms with E-state index in [0.717, 1.165) is 52.7 Å². The summed E-state index contributed by atoms with van der Waals surface area (Å²) in [6.07, 6.45) is -1.65. The first-order chi connectivity index (χ1) is 18.3. The van der Waals surface area contributed by atoms with Crippen molar-refractivity contribution in [1.29, 1.82) is 0 Å². The van der Waals surface area contributed by atoms with Crippen LogP contribution in [-0.2, 0) is 32.3 Å². The quantitative estimate of drug-likeness (QED) is 0.314. The van der Waals surface area contributed by atoms with Crippen LogP contribution >= 0.6 is 0 Å². The molecule has 0 saturated heterocycles. The zero-order valence-electron chi connectivity index (χ0n) is 22.9. The lowest BCUT2D eigenvalue weighted by Crippen LogP contribution is -2.49. The number of amides is 2. The molecule has 0 aliphatic carbocycles. The number of carbonyl (C=O) groups is 2. The monoisotopic (exact) mass is 569 g/mol. The van der Waals surface area contributed by atoms with Gasteiger partial charge in [-0.15, -0.1) is 0 Å². The van der Waals surface area contributed by atoms with Crippen molar-refractivity contribution in [2.45, 2.75) is 71.6 Å². The fourth-order valence-corrected chi connectivity index (χ4v) is 5.20. The number of hydrogen-bond donors (Lipinski definition) is 1. The fourth-order valence-electron chi connectivity index (χ4n) is 4.24. The second-order valence-corrected chi connectivity index (χ2v) is 11.4. The highest BCUT2D eigenvalue weighted by atomic mass is 32.2.